The molecule has 0 saturated carbocycles. The van der Waals surface area contributed by atoms with E-state index in [1.54, 1.807) is 50.2 Å². The molecule has 56 heavy (non-hydrogen) atoms. The standard InChI is InChI=1S/C24H32N3O6PS.C16H20O4S/c1-4-32-34(29,33-5-2)17-20-15-26-23(16-25-20)27-24(28)22(14-18-8-6-7-9-18)19-10-12-21(13-11-19)35(3,30)31;1-20-16(17)15(11-12-5-3-4-6-12)13-7-9-14(10-8-13)21(2,18)19/h6-7,10-13,15-16,18,22H,4-5,8-9,14,17H2,1-3H3,(H,26,27,28);3-4,7-10,12,15H,5-6,11H2,1-2H3/t22-;15-/m11/s1. The molecule has 1 amide bonds. The van der Waals surface area contributed by atoms with Crippen LogP contribution in [0.4, 0.5) is 5.82 Å². The molecule has 0 aliphatic heterocycles. The molecule has 0 bridgehead atoms. The van der Waals surface area contributed by atoms with Gasteiger partial charge in [0.2, 0.25) is 5.91 Å². The Morgan fingerprint density at radius 1 is 0.732 bits per heavy atom. The lowest BCUT2D eigenvalue weighted by atomic mass is 9.87. The van der Waals surface area contributed by atoms with E-state index in [1.807, 2.05) is 0 Å². The Hall–Kier alpha value is -4.01. The lowest BCUT2D eigenvalue weighted by Crippen LogP contribution is -2.24. The van der Waals surface area contributed by atoms with Gasteiger partial charge in [-0.25, -0.2) is 21.8 Å². The average Bonchev–Trinajstić information content (AvgIpc) is 3.88. The fraction of sp³-hybridized carbons (Fsp3) is 0.450. The summed E-state index contributed by atoms with van der Waals surface area (Å²) in [5.74, 6) is -0.290. The van der Waals surface area contributed by atoms with Gasteiger partial charge in [-0.15, -0.1) is 0 Å². The lowest BCUT2D eigenvalue weighted by Gasteiger charge is -2.21. The van der Waals surface area contributed by atoms with Crippen LogP contribution in [0.2, 0.25) is 0 Å². The smallest absolute Gasteiger partial charge is 0.336 e. The highest BCUT2D eigenvalue weighted by Crippen LogP contribution is 2.50. The molecule has 5 rings (SSSR count). The maximum absolute atomic E-state index is 13.3. The van der Waals surface area contributed by atoms with E-state index in [0.29, 0.717) is 24.0 Å². The van der Waals surface area contributed by atoms with E-state index in [2.05, 4.69) is 39.6 Å². The van der Waals surface area contributed by atoms with E-state index in [9.17, 15) is 31.0 Å². The molecular weight excluding hydrogens is 778 g/mol. The van der Waals surface area contributed by atoms with E-state index in [-0.39, 0.29) is 52.8 Å². The van der Waals surface area contributed by atoms with Crippen LogP contribution in [0.1, 0.15) is 81.0 Å². The minimum absolute atomic E-state index is 0.0140. The predicted octanol–water partition coefficient (Wildman–Crippen LogP) is 7.43. The number of anilines is 1. The minimum Gasteiger partial charge on any atom is -0.469 e. The molecule has 2 aliphatic rings. The van der Waals surface area contributed by atoms with Crippen molar-refractivity contribution in [2.24, 2.45) is 11.8 Å². The van der Waals surface area contributed by atoms with Gasteiger partial charge < -0.3 is 19.1 Å². The number of benzene rings is 2. The zero-order valence-electron chi connectivity index (χ0n) is 32.5. The molecule has 0 unspecified atom stereocenters. The fourth-order valence-corrected chi connectivity index (χ4v) is 9.50. The second-order valence-electron chi connectivity index (χ2n) is 13.9. The Morgan fingerprint density at radius 2 is 1.18 bits per heavy atom. The molecule has 2 aliphatic carbocycles. The first-order valence-electron chi connectivity index (χ1n) is 18.5. The number of carbonyl (C=O) groups is 2. The third-order valence-electron chi connectivity index (χ3n) is 9.54. The second kappa shape index (κ2) is 20.4. The molecular formula is C40H52N3O10PS2. The van der Waals surface area contributed by atoms with Crippen LogP contribution in [0, 0.1) is 11.8 Å². The molecule has 16 heteroatoms. The summed E-state index contributed by atoms with van der Waals surface area (Å²) >= 11 is 0. The van der Waals surface area contributed by atoms with E-state index in [1.165, 1.54) is 37.9 Å². The van der Waals surface area contributed by atoms with Gasteiger partial charge in [-0.3, -0.25) is 19.1 Å². The molecule has 1 N–H and O–H groups in total. The number of ether oxygens (including phenoxy) is 1. The van der Waals surface area contributed by atoms with E-state index in [4.69, 9.17) is 13.8 Å². The number of sulfone groups is 2. The largest absolute Gasteiger partial charge is 0.469 e. The number of rotatable bonds is 17. The second-order valence-corrected chi connectivity index (χ2v) is 20.0. The van der Waals surface area contributed by atoms with Gasteiger partial charge in [-0.05, 0) is 99.6 Å². The van der Waals surface area contributed by atoms with Crippen LogP contribution in [-0.2, 0) is 53.8 Å². The quantitative estimate of drug-likeness (QED) is 0.0808. The number of carbonyl (C=O) groups excluding carboxylic acids is 2. The molecule has 0 radical (unpaired) electrons. The molecule has 304 valence electrons. The molecule has 1 heterocycles. The number of amides is 1. The van der Waals surface area contributed by atoms with Crippen LogP contribution in [0.5, 0.6) is 0 Å². The molecule has 13 nitrogen and oxygen atoms in total. The highest BCUT2D eigenvalue weighted by molar-refractivity contribution is 7.91. The SMILES string of the molecule is CCOP(=O)(Cc1cnc(NC(=O)[C@H](CC2CC=CC2)c2ccc(S(C)(=O)=O)cc2)cn1)OCC.COC(=O)[C@H](CC1CC=CC1)c1ccc(S(C)(=O)=O)cc1. The Bertz CT molecular complexity index is 2080. The number of hydrogen-bond acceptors (Lipinski definition) is 12. The van der Waals surface area contributed by atoms with Gasteiger partial charge in [-0.1, -0.05) is 48.6 Å². The molecule has 3 aromatic rings. The van der Waals surface area contributed by atoms with Gasteiger partial charge in [-0.2, -0.15) is 0 Å². The van der Waals surface area contributed by atoms with Gasteiger partial charge in [0.05, 0.1) is 66.2 Å². The molecule has 0 spiro atoms. The number of allylic oxidation sites excluding steroid dienone is 4. The summed E-state index contributed by atoms with van der Waals surface area (Å²) < 4.78 is 74.8. The van der Waals surface area contributed by atoms with Crippen LogP contribution in [0.3, 0.4) is 0 Å². The van der Waals surface area contributed by atoms with E-state index in [0.717, 1.165) is 49.5 Å². The highest BCUT2D eigenvalue weighted by atomic mass is 32.2. The van der Waals surface area contributed by atoms with Gasteiger partial charge in [0.15, 0.2) is 25.5 Å². The van der Waals surface area contributed by atoms with Crippen molar-refractivity contribution in [3.8, 4) is 0 Å². The third kappa shape index (κ3) is 13.3. The summed E-state index contributed by atoms with van der Waals surface area (Å²) in [6, 6.07) is 13.0. The average molecular weight is 830 g/mol. The molecule has 2 aromatic carbocycles. The van der Waals surface area contributed by atoms with Crippen molar-refractivity contribution in [1.29, 1.82) is 0 Å². The normalized spacial score (nSPS) is 15.9. The van der Waals surface area contributed by atoms with E-state index < -0.39 is 33.2 Å². The summed E-state index contributed by atoms with van der Waals surface area (Å²) in [7, 11) is -8.48. The van der Waals surface area contributed by atoms with Gasteiger partial charge in [0.25, 0.3) is 0 Å². The fourth-order valence-electron chi connectivity index (χ4n) is 6.63. The van der Waals surface area contributed by atoms with Crippen molar-refractivity contribution < 1.29 is 44.8 Å². The van der Waals surface area contributed by atoms with Crippen molar-refractivity contribution >= 4 is 45.0 Å². The molecule has 0 saturated heterocycles. The number of esters is 1. The maximum Gasteiger partial charge on any atom is 0.336 e. The number of hydrogen-bond donors (Lipinski definition) is 1. The van der Waals surface area contributed by atoms with E-state index >= 15 is 0 Å². The first-order chi connectivity index (χ1) is 26.5. The predicted molar refractivity (Wildman–Crippen MR) is 215 cm³/mol. The number of aromatic nitrogens is 2. The van der Waals surface area contributed by atoms with Gasteiger partial charge >= 0.3 is 13.6 Å². The maximum atomic E-state index is 13.3. The summed E-state index contributed by atoms with van der Waals surface area (Å²) in [5.41, 5.74) is 1.97. The zero-order valence-corrected chi connectivity index (χ0v) is 35.0. The highest BCUT2D eigenvalue weighted by Gasteiger charge is 2.29. The molecule has 2 atom stereocenters. The molecule has 0 fully saturated rings. The van der Waals surface area contributed by atoms with Crippen LogP contribution >= 0.6 is 7.60 Å². The minimum atomic E-state index is -3.33. The Morgan fingerprint density at radius 3 is 1.57 bits per heavy atom. The van der Waals surface area contributed by atoms with Crippen molar-refractivity contribution in [3.63, 3.8) is 0 Å². The number of methoxy groups -OCH3 is 1. The van der Waals surface area contributed by atoms with Crippen LogP contribution in [0.15, 0.2) is 95.0 Å². The summed E-state index contributed by atoms with van der Waals surface area (Å²) in [4.78, 5) is 34.3. The topological polar surface area (TPSA) is 185 Å². The van der Waals surface area contributed by atoms with Crippen molar-refractivity contribution in [1.82, 2.24) is 9.97 Å². The number of nitrogens with zero attached hydrogens (tertiary/aromatic N) is 2. The van der Waals surface area contributed by atoms with Crippen LogP contribution in [0.25, 0.3) is 0 Å². The Labute approximate surface area is 330 Å². The van der Waals surface area contributed by atoms with Crippen molar-refractivity contribution in [3.05, 3.63) is 102 Å². The van der Waals surface area contributed by atoms with Crippen LogP contribution in [-0.4, -0.2) is 71.5 Å². The monoisotopic (exact) mass is 829 g/mol. The van der Waals surface area contributed by atoms with Gasteiger partial charge in [0, 0.05) is 12.5 Å². The van der Waals surface area contributed by atoms with Crippen molar-refractivity contribution in [2.75, 3.05) is 38.2 Å². The summed E-state index contributed by atoms with van der Waals surface area (Å²) in [5, 5.41) is 2.82. The zero-order chi connectivity index (χ0) is 40.9. The third-order valence-corrected chi connectivity index (χ3v) is 13.8. The van der Waals surface area contributed by atoms with Crippen molar-refractivity contribution in [2.45, 2.75) is 80.2 Å². The first kappa shape index (κ1) is 44.7. The lowest BCUT2D eigenvalue weighted by molar-refractivity contribution is -0.142. The summed E-state index contributed by atoms with van der Waals surface area (Å²) in [6.45, 7) is 3.98. The Kier molecular flexibility index (Phi) is 16.3. The summed E-state index contributed by atoms with van der Waals surface area (Å²) in [6.07, 6.45) is 18.8. The van der Waals surface area contributed by atoms with Gasteiger partial charge in [0.1, 0.15) is 0 Å². The van der Waals surface area contributed by atoms with Crippen LogP contribution < -0.4 is 5.32 Å². The first-order valence-corrected chi connectivity index (χ1v) is 24.0. The Balaban J connectivity index is 0.000000282. The molecule has 1 aromatic heterocycles. The number of nitrogens with one attached hydrogen (secondary N) is 1.